The van der Waals surface area contributed by atoms with E-state index >= 15 is 0 Å². The lowest BCUT2D eigenvalue weighted by atomic mass is 10.1. The van der Waals surface area contributed by atoms with Gasteiger partial charge in [-0.2, -0.15) is 0 Å². The number of hydrogen-bond acceptors (Lipinski definition) is 3. The van der Waals surface area contributed by atoms with Gasteiger partial charge >= 0.3 is 0 Å². The van der Waals surface area contributed by atoms with Crippen LogP contribution in [-0.4, -0.2) is 41.0 Å². The average molecular weight is 307 g/mol. The van der Waals surface area contributed by atoms with Crippen LogP contribution in [0.3, 0.4) is 0 Å². The lowest BCUT2D eigenvalue weighted by Gasteiger charge is -2.10. The van der Waals surface area contributed by atoms with E-state index in [9.17, 15) is 4.79 Å². The average Bonchev–Trinajstić information content (AvgIpc) is 2.78. The number of likely N-dealkylation sites (N-methyl/N-ethyl adjacent to an activating group) is 1. The molecule has 112 valence electrons. The molecule has 1 amide bonds. The van der Waals surface area contributed by atoms with Crippen molar-refractivity contribution in [1.82, 2.24) is 14.5 Å². The van der Waals surface area contributed by atoms with Crippen LogP contribution in [0.5, 0.6) is 0 Å². The molecular weight excluding hydrogens is 288 g/mol. The standard InChI is InChI=1S/C15H19ClN4O/c1-19(2)9-8-11-4-6-12(7-5-11)18-14(21)13-10-17-15(16)20(13)3/h4-7,10H,8-9H2,1-3H3,(H,18,21). The summed E-state index contributed by atoms with van der Waals surface area (Å²) < 4.78 is 1.54. The Bertz CT molecular complexity index is 619. The Balaban J connectivity index is 2.00. The molecule has 0 aliphatic rings. The maximum atomic E-state index is 12.1. The van der Waals surface area contributed by atoms with Crippen LogP contribution >= 0.6 is 11.6 Å². The number of carbonyl (C=O) groups is 1. The Morgan fingerprint density at radius 2 is 2.00 bits per heavy atom. The van der Waals surface area contributed by atoms with E-state index < -0.39 is 0 Å². The van der Waals surface area contributed by atoms with E-state index in [1.165, 1.54) is 11.8 Å². The summed E-state index contributed by atoms with van der Waals surface area (Å²) in [5.74, 6) is -0.224. The molecule has 1 aromatic carbocycles. The van der Waals surface area contributed by atoms with Crippen LogP contribution in [0.15, 0.2) is 30.5 Å². The summed E-state index contributed by atoms with van der Waals surface area (Å²) in [6.07, 6.45) is 2.45. The molecule has 1 heterocycles. The van der Waals surface area contributed by atoms with E-state index in [1.807, 2.05) is 38.4 Å². The molecule has 2 aromatic rings. The predicted octanol–water partition coefficient (Wildman–Crippen LogP) is 2.43. The summed E-state index contributed by atoms with van der Waals surface area (Å²) in [6.45, 7) is 0.999. The van der Waals surface area contributed by atoms with Gasteiger partial charge in [0.25, 0.3) is 5.91 Å². The highest BCUT2D eigenvalue weighted by atomic mass is 35.5. The number of aromatic nitrogens is 2. The molecule has 0 spiro atoms. The predicted molar refractivity (Wildman–Crippen MR) is 84.9 cm³/mol. The quantitative estimate of drug-likeness (QED) is 0.923. The van der Waals surface area contributed by atoms with Crippen LogP contribution in [0.1, 0.15) is 16.1 Å². The van der Waals surface area contributed by atoms with Gasteiger partial charge in [-0.15, -0.1) is 0 Å². The third-order valence-electron chi connectivity index (χ3n) is 3.22. The van der Waals surface area contributed by atoms with E-state index in [2.05, 4.69) is 15.2 Å². The van der Waals surface area contributed by atoms with Crippen molar-refractivity contribution in [3.8, 4) is 0 Å². The van der Waals surface area contributed by atoms with Crippen LogP contribution in [0.4, 0.5) is 5.69 Å². The third kappa shape index (κ3) is 4.06. The summed E-state index contributed by atoms with van der Waals surface area (Å²) in [7, 11) is 5.80. The number of hydrogen-bond donors (Lipinski definition) is 1. The van der Waals surface area contributed by atoms with Gasteiger partial charge < -0.3 is 14.8 Å². The number of rotatable bonds is 5. The second kappa shape index (κ2) is 6.74. The molecule has 0 atom stereocenters. The van der Waals surface area contributed by atoms with Gasteiger partial charge in [0, 0.05) is 19.3 Å². The van der Waals surface area contributed by atoms with Gasteiger partial charge in [0.05, 0.1) is 6.20 Å². The minimum absolute atomic E-state index is 0.224. The zero-order valence-corrected chi connectivity index (χ0v) is 13.2. The minimum atomic E-state index is -0.224. The Kier molecular flexibility index (Phi) is 4.98. The van der Waals surface area contributed by atoms with E-state index in [4.69, 9.17) is 11.6 Å². The summed E-state index contributed by atoms with van der Waals surface area (Å²) >= 11 is 5.83. The topological polar surface area (TPSA) is 50.2 Å². The van der Waals surface area contributed by atoms with Gasteiger partial charge in [-0.1, -0.05) is 12.1 Å². The molecule has 1 N–H and O–H groups in total. The fourth-order valence-corrected chi connectivity index (χ4v) is 2.04. The van der Waals surface area contributed by atoms with Gasteiger partial charge in [0.2, 0.25) is 5.28 Å². The maximum absolute atomic E-state index is 12.1. The second-order valence-corrected chi connectivity index (χ2v) is 5.51. The number of nitrogens with one attached hydrogen (secondary N) is 1. The first kappa shape index (κ1) is 15.5. The van der Waals surface area contributed by atoms with Crippen LogP contribution in [0.2, 0.25) is 5.28 Å². The van der Waals surface area contributed by atoms with E-state index in [-0.39, 0.29) is 5.91 Å². The Morgan fingerprint density at radius 1 is 1.33 bits per heavy atom. The van der Waals surface area contributed by atoms with Crippen LogP contribution in [-0.2, 0) is 13.5 Å². The molecule has 0 unspecified atom stereocenters. The molecule has 2 rings (SSSR count). The molecule has 0 aliphatic carbocycles. The van der Waals surface area contributed by atoms with Crippen molar-refractivity contribution >= 4 is 23.2 Å². The Morgan fingerprint density at radius 3 is 2.52 bits per heavy atom. The first-order chi connectivity index (χ1) is 9.97. The number of amides is 1. The van der Waals surface area contributed by atoms with Crippen molar-refractivity contribution < 1.29 is 4.79 Å². The van der Waals surface area contributed by atoms with Crippen LogP contribution in [0.25, 0.3) is 0 Å². The zero-order valence-electron chi connectivity index (χ0n) is 12.4. The third-order valence-corrected chi connectivity index (χ3v) is 3.57. The highest BCUT2D eigenvalue weighted by Crippen LogP contribution is 2.14. The van der Waals surface area contributed by atoms with Crippen LogP contribution in [0, 0.1) is 0 Å². The van der Waals surface area contributed by atoms with E-state index in [0.717, 1.165) is 18.7 Å². The van der Waals surface area contributed by atoms with E-state index in [0.29, 0.717) is 11.0 Å². The SMILES string of the molecule is CN(C)CCc1ccc(NC(=O)c2cnc(Cl)n2C)cc1. The molecule has 5 nitrogen and oxygen atoms in total. The van der Waals surface area contributed by atoms with Crippen molar-refractivity contribution in [2.75, 3.05) is 26.0 Å². The van der Waals surface area contributed by atoms with Crippen molar-refractivity contribution in [1.29, 1.82) is 0 Å². The van der Waals surface area contributed by atoms with E-state index in [1.54, 1.807) is 11.6 Å². The molecular formula is C15H19ClN4O. The lowest BCUT2D eigenvalue weighted by Crippen LogP contribution is -2.16. The molecule has 21 heavy (non-hydrogen) atoms. The number of benzene rings is 1. The fraction of sp³-hybridized carbons (Fsp3) is 0.333. The number of nitrogens with zero attached hydrogens (tertiary/aromatic N) is 3. The Labute approximate surface area is 129 Å². The maximum Gasteiger partial charge on any atom is 0.273 e. The molecule has 6 heteroatoms. The molecule has 0 fully saturated rings. The highest BCUT2D eigenvalue weighted by molar-refractivity contribution is 6.28. The second-order valence-electron chi connectivity index (χ2n) is 5.18. The molecule has 0 saturated carbocycles. The lowest BCUT2D eigenvalue weighted by molar-refractivity contribution is 0.101. The summed E-state index contributed by atoms with van der Waals surface area (Å²) in [4.78, 5) is 18.1. The first-order valence-electron chi connectivity index (χ1n) is 6.69. The molecule has 0 radical (unpaired) electrons. The molecule has 0 saturated heterocycles. The number of carbonyl (C=O) groups excluding carboxylic acids is 1. The summed E-state index contributed by atoms with van der Waals surface area (Å²) in [6, 6.07) is 7.85. The van der Waals surface area contributed by atoms with Gasteiger partial charge in [-0.3, -0.25) is 4.79 Å². The number of imidazole rings is 1. The van der Waals surface area contributed by atoms with Crippen molar-refractivity contribution in [2.45, 2.75) is 6.42 Å². The van der Waals surface area contributed by atoms with Gasteiger partial charge in [-0.05, 0) is 49.8 Å². The molecule has 1 aromatic heterocycles. The summed E-state index contributed by atoms with van der Waals surface area (Å²) in [5.41, 5.74) is 2.42. The van der Waals surface area contributed by atoms with Crippen molar-refractivity contribution in [2.24, 2.45) is 7.05 Å². The Hall–Kier alpha value is -1.85. The monoisotopic (exact) mass is 306 g/mol. The highest BCUT2D eigenvalue weighted by Gasteiger charge is 2.12. The summed E-state index contributed by atoms with van der Waals surface area (Å²) in [5, 5.41) is 3.13. The molecule has 0 bridgehead atoms. The van der Waals surface area contributed by atoms with Crippen molar-refractivity contribution in [3.05, 3.63) is 47.0 Å². The number of halogens is 1. The fourth-order valence-electron chi connectivity index (χ4n) is 1.90. The van der Waals surface area contributed by atoms with Crippen LogP contribution < -0.4 is 5.32 Å². The van der Waals surface area contributed by atoms with Gasteiger partial charge in [0.15, 0.2) is 0 Å². The minimum Gasteiger partial charge on any atom is -0.321 e. The normalized spacial score (nSPS) is 10.9. The molecule has 0 aliphatic heterocycles. The number of anilines is 1. The van der Waals surface area contributed by atoms with Crippen molar-refractivity contribution in [3.63, 3.8) is 0 Å². The van der Waals surface area contributed by atoms with Gasteiger partial charge in [-0.25, -0.2) is 4.98 Å². The largest absolute Gasteiger partial charge is 0.321 e. The van der Waals surface area contributed by atoms with Gasteiger partial charge in [0.1, 0.15) is 5.69 Å². The smallest absolute Gasteiger partial charge is 0.273 e. The first-order valence-corrected chi connectivity index (χ1v) is 7.07. The zero-order chi connectivity index (χ0) is 15.4.